The molecule has 0 bridgehead atoms. The Kier molecular flexibility index (Phi) is 11.4. The fourth-order valence-corrected chi connectivity index (χ4v) is 12.2. The third-order valence-electron chi connectivity index (χ3n) is 15.9. The summed E-state index contributed by atoms with van der Waals surface area (Å²) in [5.41, 5.74) is 26.4. The Morgan fingerprint density at radius 3 is 1.32 bits per heavy atom. The van der Waals surface area contributed by atoms with E-state index in [0.717, 1.165) is 29.8 Å². The van der Waals surface area contributed by atoms with Crippen molar-refractivity contribution in [3.05, 3.63) is 282 Å². The number of fused-ring (bicyclic) bond motifs is 6. The minimum absolute atomic E-state index is 0.0702. The molecule has 0 amide bonds. The Balaban J connectivity index is 0.767. The molecule has 2 aliphatic rings. The van der Waals surface area contributed by atoms with Gasteiger partial charge in [-0.25, -0.2) is 0 Å². The molecule has 0 aliphatic heterocycles. The van der Waals surface area contributed by atoms with E-state index in [-0.39, 0.29) is 5.41 Å². The van der Waals surface area contributed by atoms with Crippen LogP contribution < -0.4 is 4.90 Å². The number of hydrogen-bond acceptors (Lipinski definition) is 1. The Morgan fingerprint density at radius 2 is 0.757 bits per heavy atom. The molecule has 11 aromatic rings. The van der Waals surface area contributed by atoms with Crippen molar-refractivity contribution in [3.8, 4) is 66.8 Å². The van der Waals surface area contributed by atoms with Crippen LogP contribution in [0.5, 0.6) is 0 Å². The molecule has 1 nitrogen and oxygen atoms in total. The smallest absolute Gasteiger partial charge is 0.0465 e. The van der Waals surface area contributed by atoms with Gasteiger partial charge < -0.3 is 4.90 Å². The third kappa shape index (κ3) is 7.72. The molecule has 0 radical (unpaired) electrons. The second-order valence-corrected chi connectivity index (χ2v) is 19.8. The Labute approximate surface area is 435 Å². The lowest BCUT2D eigenvalue weighted by Gasteiger charge is -2.32. The van der Waals surface area contributed by atoms with Crippen LogP contribution in [0.3, 0.4) is 0 Å². The minimum atomic E-state index is -0.0702. The van der Waals surface area contributed by atoms with E-state index in [1.165, 1.54) is 111 Å². The highest BCUT2D eigenvalue weighted by Crippen LogP contribution is 2.58. The van der Waals surface area contributed by atoms with Crippen molar-refractivity contribution in [1.82, 2.24) is 0 Å². The fourth-order valence-electron chi connectivity index (χ4n) is 12.2. The Bertz CT molecular complexity index is 3870. The monoisotopic (exact) mass is 945 g/mol. The summed E-state index contributed by atoms with van der Waals surface area (Å²) in [6.07, 6.45) is 11.0. The van der Waals surface area contributed by atoms with Crippen molar-refractivity contribution in [2.45, 2.75) is 32.1 Å². The number of rotatable bonds is 12. The summed E-state index contributed by atoms with van der Waals surface area (Å²) in [6, 6.07) is 91.5. The first-order valence-corrected chi connectivity index (χ1v) is 26.2. The van der Waals surface area contributed by atoms with Crippen molar-refractivity contribution < 1.29 is 0 Å². The van der Waals surface area contributed by atoms with Gasteiger partial charge in [0.25, 0.3) is 0 Å². The zero-order valence-corrected chi connectivity index (χ0v) is 41.8. The van der Waals surface area contributed by atoms with Gasteiger partial charge >= 0.3 is 0 Å². The van der Waals surface area contributed by atoms with E-state index in [4.69, 9.17) is 0 Å². The second-order valence-electron chi connectivity index (χ2n) is 19.8. The highest BCUT2D eigenvalue weighted by atomic mass is 15.1. The first-order chi connectivity index (χ1) is 36.6. The van der Waals surface area contributed by atoms with Gasteiger partial charge in [0.2, 0.25) is 0 Å². The summed E-state index contributed by atoms with van der Waals surface area (Å²) in [4.78, 5) is 2.38. The first-order valence-electron chi connectivity index (χ1n) is 26.2. The summed E-state index contributed by atoms with van der Waals surface area (Å²) in [7, 11) is 0. The lowest BCUT2D eigenvalue weighted by molar-refractivity contribution is 0.490. The number of nitrogens with zero attached hydrogens (tertiary/aromatic N) is 1. The molecule has 74 heavy (non-hydrogen) atoms. The molecular weight excluding hydrogens is 891 g/mol. The standard InChI is InChI=1S/C73H55N/c1-3-73(4-2)67-47-53(41-45-61(67)62-46-44-60(48-68(62)73)74(58-25-13-7-14-26-58)59-27-15-8-16-28-59)38-37-51-33-31-50(32-34-51)35-36-52-39-42-55(43-40-52)65-49-66(54-19-9-5-10-20-54)71-63-29-17-23-56-24-18-30-64(69(56)63)72(71)70(65)57-21-11-6-12-22-57/h5-49H,3-4H2,1-2H3/b36-35+,38-37+. The number of para-hydroxylation sites is 2. The summed E-state index contributed by atoms with van der Waals surface area (Å²) < 4.78 is 0. The molecular formula is C73H55N. The van der Waals surface area contributed by atoms with Crippen molar-refractivity contribution in [3.63, 3.8) is 0 Å². The number of benzene rings is 11. The van der Waals surface area contributed by atoms with Gasteiger partial charge in [0.15, 0.2) is 0 Å². The maximum absolute atomic E-state index is 2.46. The molecule has 0 heterocycles. The molecule has 0 fully saturated rings. The Hall–Kier alpha value is -9.04. The zero-order chi connectivity index (χ0) is 49.6. The summed E-state index contributed by atoms with van der Waals surface area (Å²) in [6.45, 7) is 4.71. The van der Waals surface area contributed by atoms with E-state index in [1.807, 2.05) is 0 Å². The largest absolute Gasteiger partial charge is 0.310 e. The average Bonchev–Trinajstić information content (AvgIpc) is 4.01. The normalized spacial score (nSPS) is 12.8. The SMILES string of the molecule is CCC1(CC)c2cc(/C=C/c3ccc(/C=C/c4ccc(-c5cc(-c6ccccc6)c6c(c5-c5ccccc5)-c5cccc7cccc-6c57)cc4)cc3)ccc2-c2ccc(N(c3ccccc3)c3ccccc3)cc21. The van der Waals surface area contributed by atoms with E-state index >= 15 is 0 Å². The van der Waals surface area contributed by atoms with Gasteiger partial charge in [0.05, 0.1) is 0 Å². The maximum Gasteiger partial charge on any atom is 0.0465 e. The van der Waals surface area contributed by atoms with Crippen LogP contribution in [0, 0.1) is 0 Å². The number of anilines is 3. The molecule has 0 spiro atoms. The fraction of sp³-hybridized carbons (Fsp3) is 0.0685. The van der Waals surface area contributed by atoms with Gasteiger partial charge in [-0.15, -0.1) is 0 Å². The van der Waals surface area contributed by atoms with Crippen LogP contribution in [0.15, 0.2) is 249 Å². The highest BCUT2D eigenvalue weighted by Gasteiger charge is 2.41. The van der Waals surface area contributed by atoms with Gasteiger partial charge in [0, 0.05) is 22.5 Å². The van der Waals surface area contributed by atoms with Crippen LogP contribution >= 0.6 is 0 Å². The third-order valence-corrected chi connectivity index (χ3v) is 15.9. The Morgan fingerprint density at radius 1 is 0.311 bits per heavy atom. The van der Waals surface area contributed by atoms with Crippen molar-refractivity contribution in [2.75, 3.05) is 4.90 Å². The average molecular weight is 946 g/mol. The topological polar surface area (TPSA) is 3.24 Å². The molecule has 0 atom stereocenters. The molecule has 0 aromatic heterocycles. The first kappa shape index (κ1) is 44.9. The summed E-state index contributed by atoms with van der Waals surface area (Å²) in [5, 5.41) is 2.62. The van der Waals surface area contributed by atoms with Crippen LogP contribution in [0.1, 0.15) is 60.1 Å². The van der Waals surface area contributed by atoms with E-state index < -0.39 is 0 Å². The van der Waals surface area contributed by atoms with E-state index in [1.54, 1.807) is 0 Å². The van der Waals surface area contributed by atoms with Gasteiger partial charge in [-0.05, 0) is 166 Å². The molecule has 1 heteroatoms. The molecule has 0 unspecified atom stereocenters. The maximum atomic E-state index is 2.46. The minimum Gasteiger partial charge on any atom is -0.310 e. The summed E-state index contributed by atoms with van der Waals surface area (Å²) in [5.74, 6) is 0. The van der Waals surface area contributed by atoms with Crippen LogP contribution in [0.25, 0.3) is 102 Å². The predicted octanol–water partition coefficient (Wildman–Crippen LogP) is 20.4. The molecule has 11 aromatic carbocycles. The lowest BCUT2D eigenvalue weighted by atomic mass is 9.73. The van der Waals surface area contributed by atoms with Crippen LogP contribution in [0.2, 0.25) is 0 Å². The molecule has 352 valence electrons. The molecule has 13 rings (SSSR count). The van der Waals surface area contributed by atoms with Gasteiger partial charge in [-0.3, -0.25) is 0 Å². The van der Waals surface area contributed by atoms with E-state index in [2.05, 4.69) is 292 Å². The lowest BCUT2D eigenvalue weighted by Crippen LogP contribution is -2.23. The highest BCUT2D eigenvalue weighted by molar-refractivity contribution is 6.22. The van der Waals surface area contributed by atoms with Crippen molar-refractivity contribution in [1.29, 1.82) is 0 Å². The van der Waals surface area contributed by atoms with E-state index in [9.17, 15) is 0 Å². The van der Waals surface area contributed by atoms with Gasteiger partial charge in [-0.2, -0.15) is 0 Å². The quantitative estimate of drug-likeness (QED) is 0.110. The van der Waals surface area contributed by atoms with Crippen LogP contribution in [-0.2, 0) is 5.41 Å². The van der Waals surface area contributed by atoms with Crippen molar-refractivity contribution in [2.24, 2.45) is 0 Å². The predicted molar refractivity (Wildman–Crippen MR) is 317 cm³/mol. The van der Waals surface area contributed by atoms with Crippen LogP contribution in [0.4, 0.5) is 17.1 Å². The molecule has 0 saturated carbocycles. The summed E-state index contributed by atoms with van der Waals surface area (Å²) >= 11 is 0. The van der Waals surface area contributed by atoms with Gasteiger partial charge in [-0.1, -0.05) is 244 Å². The van der Waals surface area contributed by atoms with E-state index in [0.29, 0.717) is 0 Å². The second kappa shape index (κ2) is 18.9. The van der Waals surface area contributed by atoms with Crippen molar-refractivity contribution >= 4 is 52.1 Å². The van der Waals surface area contributed by atoms with Crippen LogP contribution in [-0.4, -0.2) is 0 Å². The molecule has 0 saturated heterocycles. The zero-order valence-electron chi connectivity index (χ0n) is 41.8. The molecule has 2 aliphatic carbocycles. The molecule has 0 N–H and O–H groups in total. The van der Waals surface area contributed by atoms with Gasteiger partial charge in [0.1, 0.15) is 0 Å². The number of hydrogen-bond donors (Lipinski definition) is 0.